The number of hydrogen-bond donors (Lipinski definition) is 1. The lowest BCUT2D eigenvalue weighted by atomic mass is 10.1. The second-order valence-corrected chi connectivity index (χ2v) is 5.15. The van der Waals surface area contributed by atoms with Crippen LogP contribution in [0.4, 0.5) is 14.5 Å². The van der Waals surface area contributed by atoms with Crippen LogP contribution in [0.2, 0.25) is 0 Å². The number of alkyl halides is 2. The number of halogens is 2. The SMILES string of the molecule is CCCC(C)C(=O)Nc1ccc(SC(F)F)cc1. The van der Waals surface area contributed by atoms with Gasteiger partial charge in [-0.3, -0.25) is 4.79 Å². The minimum atomic E-state index is -2.42. The molecule has 18 heavy (non-hydrogen) atoms. The first-order valence-electron chi connectivity index (χ1n) is 5.88. The van der Waals surface area contributed by atoms with Gasteiger partial charge in [-0.1, -0.05) is 32.0 Å². The maximum atomic E-state index is 12.1. The van der Waals surface area contributed by atoms with E-state index >= 15 is 0 Å². The summed E-state index contributed by atoms with van der Waals surface area (Å²) in [6.45, 7) is 3.90. The van der Waals surface area contributed by atoms with Crippen LogP contribution >= 0.6 is 11.8 Å². The summed E-state index contributed by atoms with van der Waals surface area (Å²) in [6.07, 6.45) is 1.80. The maximum Gasteiger partial charge on any atom is 0.288 e. The Balaban J connectivity index is 2.55. The van der Waals surface area contributed by atoms with Crippen molar-refractivity contribution in [1.29, 1.82) is 0 Å². The molecule has 1 aromatic rings. The molecule has 1 aromatic carbocycles. The number of thioether (sulfide) groups is 1. The van der Waals surface area contributed by atoms with Crippen LogP contribution in [0.3, 0.4) is 0 Å². The first kappa shape index (κ1) is 15.0. The summed E-state index contributed by atoms with van der Waals surface area (Å²) in [7, 11) is 0. The molecule has 1 N–H and O–H groups in total. The van der Waals surface area contributed by atoms with Crippen molar-refractivity contribution < 1.29 is 13.6 Å². The van der Waals surface area contributed by atoms with Crippen molar-refractivity contribution >= 4 is 23.4 Å². The van der Waals surface area contributed by atoms with Crippen molar-refractivity contribution in [3.8, 4) is 0 Å². The molecule has 0 radical (unpaired) electrons. The fraction of sp³-hybridized carbons (Fsp3) is 0.462. The number of carbonyl (C=O) groups is 1. The molecule has 1 amide bonds. The molecular weight excluding hydrogens is 256 g/mol. The quantitative estimate of drug-likeness (QED) is 0.779. The fourth-order valence-electron chi connectivity index (χ4n) is 1.55. The zero-order valence-corrected chi connectivity index (χ0v) is 11.3. The van der Waals surface area contributed by atoms with Gasteiger partial charge in [-0.05, 0) is 30.7 Å². The van der Waals surface area contributed by atoms with Crippen LogP contribution < -0.4 is 5.32 Å². The lowest BCUT2D eigenvalue weighted by molar-refractivity contribution is -0.119. The number of amides is 1. The van der Waals surface area contributed by atoms with Crippen LogP contribution in [0.5, 0.6) is 0 Å². The highest BCUT2D eigenvalue weighted by molar-refractivity contribution is 7.99. The summed E-state index contributed by atoms with van der Waals surface area (Å²) in [5.41, 5.74) is 0.640. The van der Waals surface area contributed by atoms with E-state index in [2.05, 4.69) is 5.32 Å². The van der Waals surface area contributed by atoms with Gasteiger partial charge in [-0.2, -0.15) is 8.78 Å². The highest BCUT2D eigenvalue weighted by atomic mass is 32.2. The predicted molar refractivity (Wildman–Crippen MR) is 71.0 cm³/mol. The second kappa shape index (κ2) is 7.36. The minimum Gasteiger partial charge on any atom is -0.326 e. The predicted octanol–water partition coefficient (Wildman–Crippen LogP) is 4.38. The van der Waals surface area contributed by atoms with Gasteiger partial charge in [0.25, 0.3) is 5.76 Å². The molecule has 1 unspecified atom stereocenters. The zero-order chi connectivity index (χ0) is 13.5. The van der Waals surface area contributed by atoms with Gasteiger partial charge >= 0.3 is 0 Å². The van der Waals surface area contributed by atoms with Crippen molar-refractivity contribution in [2.24, 2.45) is 5.92 Å². The van der Waals surface area contributed by atoms with Crippen LogP contribution in [0.15, 0.2) is 29.2 Å². The van der Waals surface area contributed by atoms with E-state index in [1.54, 1.807) is 24.3 Å². The normalized spacial score (nSPS) is 12.5. The molecule has 0 saturated heterocycles. The van der Waals surface area contributed by atoms with Crippen LogP contribution in [0.1, 0.15) is 26.7 Å². The van der Waals surface area contributed by atoms with Gasteiger partial charge in [0.05, 0.1) is 0 Å². The van der Waals surface area contributed by atoms with Gasteiger partial charge in [0.15, 0.2) is 0 Å². The van der Waals surface area contributed by atoms with Gasteiger partial charge < -0.3 is 5.32 Å². The highest BCUT2D eigenvalue weighted by Crippen LogP contribution is 2.26. The van der Waals surface area contributed by atoms with E-state index in [0.29, 0.717) is 22.3 Å². The van der Waals surface area contributed by atoms with Crippen LogP contribution in [0, 0.1) is 5.92 Å². The van der Waals surface area contributed by atoms with E-state index in [9.17, 15) is 13.6 Å². The van der Waals surface area contributed by atoms with Gasteiger partial charge in [0.1, 0.15) is 0 Å². The van der Waals surface area contributed by atoms with Gasteiger partial charge in [0, 0.05) is 16.5 Å². The lowest BCUT2D eigenvalue weighted by Crippen LogP contribution is -2.20. The number of anilines is 1. The first-order valence-corrected chi connectivity index (χ1v) is 6.76. The van der Waals surface area contributed by atoms with E-state index in [1.165, 1.54) is 0 Å². The van der Waals surface area contributed by atoms with E-state index in [0.717, 1.165) is 12.8 Å². The molecule has 0 aliphatic carbocycles. The van der Waals surface area contributed by atoms with E-state index in [4.69, 9.17) is 0 Å². The summed E-state index contributed by atoms with van der Waals surface area (Å²) >= 11 is 0.494. The molecular formula is C13H17F2NOS. The first-order chi connectivity index (χ1) is 8.52. The molecule has 0 aliphatic rings. The molecule has 100 valence electrons. The summed E-state index contributed by atoms with van der Waals surface area (Å²) in [5, 5.41) is 2.77. The third kappa shape index (κ3) is 5.04. The Morgan fingerprint density at radius 3 is 2.44 bits per heavy atom. The van der Waals surface area contributed by atoms with Crippen LogP contribution in [-0.2, 0) is 4.79 Å². The smallest absolute Gasteiger partial charge is 0.288 e. The Kier molecular flexibility index (Phi) is 6.12. The Morgan fingerprint density at radius 1 is 1.33 bits per heavy atom. The van der Waals surface area contributed by atoms with Crippen molar-refractivity contribution in [2.75, 3.05) is 5.32 Å². The molecule has 0 fully saturated rings. The molecule has 0 saturated carbocycles. The topological polar surface area (TPSA) is 29.1 Å². The molecule has 0 aromatic heterocycles. The number of rotatable bonds is 6. The van der Waals surface area contributed by atoms with Crippen LogP contribution in [0.25, 0.3) is 0 Å². The molecule has 1 rings (SSSR count). The summed E-state index contributed by atoms with van der Waals surface area (Å²) in [4.78, 5) is 12.2. The second-order valence-electron chi connectivity index (χ2n) is 4.08. The van der Waals surface area contributed by atoms with Gasteiger partial charge in [0.2, 0.25) is 5.91 Å². The lowest BCUT2D eigenvalue weighted by Gasteiger charge is -2.11. The maximum absolute atomic E-state index is 12.1. The molecule has 0 aliphatic heterocycles. The third-order valence-electron chi connectivity index (χ3n) is 2.52. The Bertz CT molecular complexity index is 381. The van der Waals surface area contributed by atoms with Gasteiger partial charge in [-0.15, -0.1) is 0 Å². The number of benzene rings is 1. The third-order valence-corrected chi connectivity index (χ3v) is 3.24. The van der Waals surface area contributed by atoms with E-state index in [1.807, 2.05) is 13.8 Å². The Morgan fingerprint density at radius 2 is 1.94 bits per heavy atom. The molecule has 0 heterocycles. The largest absolute Gasteiger partial charge is 0.326 e. The standard InChI is InChI=1S/C13H17F2NOS/c1-3-4-9(2)12(17)16-10-5-7-11(8-6-10)18-13(14)15/h5-9,13H,3-4H2,1-2H3,(H,16,17). The monoisotopic (exact) mass is 273 g/mol. The van der Waals surface area contributed by atoms with E-state index < -0.39 is 5.76 Å². The van der Waals surface area contributed by atoms with Crippen molar-refractivity contribution in [2.45, 2.75) is 37.3 Å². The molecule has 0 bridgehead atoms. The molecule has 0 spiro atoms. The Hall–Kier alpha value is -1.10. The minimum absolute atomic E-state index is 0.0360. The summed E-state index contributed by atoms with van der Waals surface area (Å²) < 4.78 is 24.2. The fourth-order valence-corrected chi connectivity index (χ4v) is 2.05. The molecule has 1 atom stereocenters. The zero-order valence-electron chi connectivity index (χ0n) is 10.5. The Labute approximate surface area is 110 Å². The molecule has 5 heteroatoms. The van der Waals surface area contributed by atoms with Gasteiger partial charge in [-0.25, -0.2) is 0 Å². The van der Waals surface area contributed by atoms with E-state index in [-0.39, 0.29) is 11.8 Å². The van der Waals surface area contributed by atoms with Crippen LogP contribution in [-0.4, -0.2) is 11.7 Å². The number of nitrogens with one attached hydrogen (secondary N) is 1. The van der Waals surface area contributed by atoms with Crippen molar-refractivity contribution in [3.63, 3.8) is 0 Å². The average molecular weight is 273 g/mol. The highest BCUT2D eigenvalue weighted by Gasteiger charge is 2.12. The molecule has 2 nitrogen and oxygen atoms in total. The van der Waals surface area contributed by atoms with Crippen molar-refractivity contribution in [1.82, 2.24) is 0 Å². The number of carbonyl (C=O) groups excluding carboxylic acids is 1. The van der Waals surface area contributed by atoms with Crippen molar-refractivity contribution in [3.05, 3.63) is 24.3 Å². The summed E-state index contributed by atoms with van der Waals surface area (Å²) in [6, 6.07) is 6.44. The summed E-state index contributed by atoms with van der Waals surface area (Å²) in [5.74, 6) is -2.49. The number of hydrogen-bond acceptors (Lipinski definition) is 2. The average Bonchev–Trinajstić information content (AvgIpc) is 2.31.